The molecule has 134 valence electrons. The molecule has 2 aromatic rings. The van der Waals surface area contributed by atoms with Crippen LogP contribution in [0, 0.1) is 13.8 Å². The van der Waals surface area contributed by atoms with Crippen LogP contribution in [-0.2, 0) is 24.8 Å². The summed E-state index contributed by atoms with van der Waals surface area (Å²) in [6, 6.07) is 11.3. The molecular weight excluding hydrogens is 364 g/mol. The number of amides is 1. The Morgan fingerprint density at radius 1 is 0.760 bits per heavy atom. The van der Waals surface area contributed by atoms with Gasteiger partial charge in [0.25, 0.3) is 20.0 Å². The molecule has 0 unspecified atom stereocenters. The maximum Gasteiger partial charge on any atom is 0.274 e. The van der Waals surface area contributed by atoms with Gasteiger partial charge < -0.3 is 0 Å². The van der Waals surface area contributed by atoms with Crippen molar-refractivity contribution in [2.45, 2.75) is 30.6 Å². The average molecular weight is 382 g/mol. The number of nitrogens with zero attached hydrogens (tertiary/aromatic N) is 1. The molecule has 0 atom stereocenters. The zero-order chi connectivity index (χ0) is 18.8. The van der Waals surface area contributed by atoms with E-state index in [2.05, 4.69) is 0 Å². The van der Waals surface area contributed by atoms with Gasteiger partial charge in [0.05, 0.1) is 9.79 Å². The van der Waals surface area contributed by atoms with Crippen molar-refractivity contribution in [2.75, 3.05) is 0 Å². The number of carbonyl (C=O) groups excluding carboxylic acids is 1. The SMILES string of the molecule is CC(=O)NN(S(=O)(=O)c1ccc(C)cc1)S(=O)(=O)c1ccc(C)cc1. The van der Waals surface area contributed by atoms with Crippen molar-refractivity contribution in [1.29, 1.82) is 0 Å². The molecule has 25 heavy (non-hydrogen) atoms. The van der Waals surface area contributed by atoms with Gasteiger partial charge in [-0.1, -0.05) is 35.4 Å². The average Bonchev–Trinajstić information content (AvgIpc) is 2.53. The molecule has 2 aromatic carbocycles. The molecule has 0 saturated carbocycles. The highest BCUT2D eigenvalue weighted by Gasteiger charge is 2.37. The number of hydrogen-bond acceptors (Lipinski definition) is 5. The highest BCUT2D eigenvalue weighted by atomic mass is 32.3. The summed E-state index contributed by atoms with van der Waals surface area (Å²) in [5, 5.41) is 0. The molecule has 0 bridgehead atoms. The fourth-order valence-electron chi connectivity index (χ4n) is 1.99. The van der Waals surface area contributed by atoms with Crippen molar-refractivity contribution in [3.8, 4) is 0 Å². The lowest BCUT2D eigenvalue weighted by molar-refractivity contribution is -0.120. The van der Waals surface area contributed by atoms with Crippen molar-refractivity contribution >= 4 is 26.0 Å². The Hall–Kier alpha value is -2.23. The topological polar surface area (TPSA) is 101 Å². The highest BCUT2D eigenvalue weighted by Crippen LogP contribution is 2.23. The summed E-state index contributed by atoms with van der Waals surface area (Å²) >= 11 is 0. The second-order valence-electron chi connectivity index (χ2n) is 5.50. The van der Waals surface area contributed by atoms with E-state index >= 15 is 0 Å². The first-order valence-electron chi connectivity index (χ1n) is 7.26. The minimum atomic E-state index is -4.52. The summed E-state index contributed by atoms with van der Waals surface area (Å²) in [6.07, 6.45) is 0. The van der Waals surface area contributed by atoms with E-state index in [1.807, 2.05) is 5.43 Å². The first-order chi connectivity index (χ1) is 11.5. The Labute approximate surface area is 147 Å². The molecule has 0 aliphatic rings. The summed E-state index contributed by atoms with van der Waals surface area (Å²) in [5.41, 5.74) is 3.53. The zero-order valence-corrected chi connectivity index (χ0v) is 15.6. The van der Waals surface area contributed by atoms with Crippen molar-refractivity contribution in [1.82, 2.24) is 9.25 Å². The maximum absolute atomic E-state index is 12.8. The third kappa shape index (κ3) is 4.06. The number of benzene rings is 2. The third-order valence-electron chi connectivity index (χ3n) is 3.32. The monoisotopic (exact) mass is 382 g/mol. The van der Waals surface area contributed by atoms with Crippen molar-refractivity contribution in [2.24, 2.45) is 0 Å². The lowest BCUT2D eigenvalue weighted by Crippen LogP contribution is -2.48. The Morgan fingerprint density at radius 2 is 1.08 bits per heavy atom. The zero-order valence-electron chi connectivity index (χ0n) is 13.9. The van der Waals surface area contributed by atoms with Crippen LogP contribution in [0.4, 0.5) is 0 Å². The molecule has 0 aliphatic heterocycles. The molecule has 0 aliphatic carbocycles. The molecule has 0 fully saturated rings. The molecule has 0 radical (unpaired) electrons. The fraction of sp³-hybridized carbons (Fsp3) is 0.188. The molecule has 0 heterocycles. The maximum atomic E-state index is 12.8. The van der Waals surface area contributed by atoms with E-state index in [0.29, 0.717) is 0 Å². The van der Waals surface area contributed by atoms with Crippen LogP contribution >= 0.6 is 0 Å². The van der Waals surface area contributed by atoms with Crippen LogP contribution in [0.25, 0.3) is 0 Å². The number of carbonyl (C=O) groups is 1. The summed E-state index contributed by atoms with van der Waals surface area (Å²) in [5.74, 6) is -0.827. The van der Waals surface area contributed by atoms with Gasteiger partial charge in [-0.05, 0) is 38.1 Å². The molecule has 7 nitrogen and oxygen atoms in total. The first-order valence-corrected chi connectivity index (χ1v) is 10.1. The largest absolute Gasteiger partial charge is 0.274 e. The molecule has 9 heteroatoms. The predicted molar refractivity (Wildman–Crippen MR) is 92.4 cm³/mol. The standard InChI is InChI=1S/C16H18N2O5S2/c1-12-4-8-15(9-5-12)24(20,21)18(17-14(3)19)25(22,23)16-10-6-13(2)7-11-16/h4-11H,1-3H3,(H,17,19). The van der Waals surface area contributed by atoms with Crippen LogP contribution < -0.4 is 5.43 Å². The van der Waals surface area contributed by atoms with Crippen LogP contribution in [0.3, 0.4) is 0 Å². The normalized spacial score (nSPS) is 12.2. The molecule has 1 N–H and O–H groups in total. The van der Waals surface area contributed by atoms with Crippen LogP contribution in [0.1, 0.15) is 18.1 Å². The second-order valence-corrected chi connectivity index (χ2v) is 9.31. The van der Waals surface area contributed by atoms with Gasteiger partial charge in [-0.25, -0.2) is 16.8 Å². The van der Waals surface area contributed by atoms with Gasteiger partial charge in [-0.15, -0.1) is 0 Å². The number of sulfonamides is 2. The van der Waals surface area contributed by atoms with E-state index in [1.165, 1.54) is 48.5 Å². The molecule has 1 amide bonds. The van der Waals surface area contributed by atoms with Gasteiger partial charge >= 0.3 is 0 Å². The summed E-state index contributed by atoms with van der Waals surface area (Å²) < 4.78 is 51.2. The van der Waals surface area contributed by atoms with Gasteiger partial charge in [0.2, 0.25) is 5.91 Å². The van der Waals surface area contributed by atoms with E-state index in [1.54, 1.807) is 13.8 Å². The second kappa shape index (κ2) is 6.95. The summed E-state index contributed by atoms with van der Waals surface area (Å²) in [6.45, 7) is 4.57. The van der Waals surface area contributed by atoms with Crippen molar-refractivity contribution < 1.29 is 21.6 Å². The van der Waals surface area contributed by atoms with Gasteiger partial charge in [0.1, 0.15) is 0 Å². The van der Waals surface area contributed by atoms with Gasteiger partial charge in [-0.3, -0.25) is 10.2 Å². The number of rotatable bonds is 5. The molecule has 0 saturated heterocycles. The van der Waals surface area contributed by atoms with E-state index < -0.39 is 26.0 Å². The molecule has 0 spiro atoms. The lowest BCUT2D eigenvalue weighted by Gasteiger charge is -2.22. The first kappa shape index (κ1) is 19.1. The van der Waals surface area contributed by atoms with E-state index in [-0.39, 0.29) is 13.6 Å². The minimum Gasteiger partial charge on any atom is -0.274 e. The highest BCUT2D eigenvalue weighted by molar-refractivity contribution is 8.04. The minimum absolute atomic E-state index is 0.0116. The third-order valence-corrected chi connectivity index (χ3v) is 7.29. The van der Waals surface area contributed by atoms with E-state index in [9.17, 15) is 21.6 Å². The Bertz CT molecular complexity index is 904. The molecule has 2 rings (SSSR count). The Kier molecular flexibility index (Phi) is 5.31. The van der Waals surface area contributed by atoms with Gasteiger partial charge in [0.15, 0.2) is 0 Å². The van der Waals surface area contributed by atoms with Gasteiger partial charge in [0, 0.05) is 10.7 Å². The predicted octanol–water partition coefficient (Wildman–Crippen LogP) is 1.73. The summed E-state index contributed by atoms with van der Waals surface area (Å²) in [7, 11) is -9.03. The van der Waals surface area contributed by atoms with Crippen LogP contribution in [0.15, 0.2) is 58.3 Å². The van der Waals surface area contributed by atoms with Crippen molar-refractivity contribution in [3.05, 3.63) is 59.7 Å². The Morgan fingerprint density at radius 3 is 1.36 bits per heavy atom. The Balaban J connectivity index is 2.60. The van der Waals surface area contributed by atoms with Crippen LogP contribution in [0.5, 0.6) is 0 Å². The number of nitrogens with one attached hydrogen (secondary N) is 1. The lowest BCUT2D eigenvalue weighted by atomic mass is 10.2. The van der Waals surface area contributed by atoms with Crippen molar-refractivity contribution in [3.63, 3.8) is 0 Å². The van der Waals surface area contributed by atoms with Crippen LogP contribution in [-0.4, -0.2) is 26.6 Å². The number of hydrogen-bond donors (Lipinski definition) is 1. The molecular formula is C16H18N2O5S2. The van der Waals surface area contributed by atoms with E-state index in [0.717, 1.165) is 18.1 Å². The quantitative estimate of drug-likeness (QED) is 0.794. The summed E-state index contributed by atoms with van der Waals surface area (Å²) in [4.78, 5) is 10.9. The van der Waals surface area contributed by atoms with E-state index in [4.69, 9.17) is 0 Å². The number of aryl methyl sites for hydroxylation is 2. The fourth-order valence-corrected chi connectivity index (χ4v) is 5.38. The van der Waals surface area contributed by atoms with Gasteiger partial charge in [-0.2, -0.15) is 0 Å². The smallest absolute Gasteiger partial charge is 0.274 e. The van der Waals surface area contributed by atoms with Crippen LogP contribution in [0.2, 0.25) is 0 Å². The molecule has 0 aromatic heterocycles. The number of hydrazine groups is 1.